The second-order valence-corrected chi connectivity index (χ2v) is 5.94. The molecule has 3 atom stereocenters. The van der Waals surface area contributed by atoms with Gasteiger partial charge < -0.3 is 10.1 Å². The van der Waals surface area contributed by atoms with Crippen LogP contribution in [0.25, 0.3) is 0 Å². The van der Waals surface area contributed by atoms with Crippen molar-refractivity contribution < 1.29 is 9.53 Å². The molecule has 0 radical (unpaired) electrons. The highest BCUT2D eigenvalue weighted by Gasteiger charge is 2.44. The number of hydrogen-bond donors (Lipinski definition) is 1. The Balaban J connectivity index is 2.88. The van der Waals surface area contributed by atoms with Crippen LogP contribution >= 0.6 is 0 Å². The Morgan fingerprint density at radius 2 is 2.15 bits per heavy atom. The fourth-order valence-corrected chi connectivity index (χ4v) is 3.65. The Bertz CT molecular complexity index is 305. The molecule has 1 N–H and O–H groups in total. The average molecular weight is 284 g/mol. The topological polar surface area (TPSA) is 41.6 Å². The number of carbonyl (C=O) groups is 1. The molecule has 0 spiro atoms. The van der Waals surface area contributed by atoms with Crippen molar-refractivity contribution in [2.45, 2.75) is 77.4 Å². The number of likely N-dealkylation sites (N-methyl/N-ethyl adjacent to an activating group) is 1. The maximum absolute atomic E-state index is 12.3. The van der Waals surface area contributed by atoms with Gasteiger partial charge in [-0.1, -0.05) is 20.8 Å². The molecular weight excluding hydrogens is 252 g/mol. The van der Waals surface area contributed by atoms with E-state index in [0.717, 1.165) is 38.8 Å². The lowest BCUT2D eigenvalue weighted by molar-refractivity contribution is -0.151. The van der Waals surface area contributed by atoms with Crippen LogP contribution in [-0.2, 0) is 9.53 Å². The van der Waals surface area contributed by atoms with Crippen LogP contribution in [-0.4, -0.2) is 48.7 Å². The van der Waals surface area contributed by atoms with Crippen LogP contribution < -0.4 is 5.32 Å². The lowest BCUT2D eigenvalue weighted by atomic mass is 9.77. The normalized spacial score (nSPS) is 28.4. The Hall–Kier alpha value is -0.610. The summed E-state index contributed by atoms with van der Waals surface area (Å²) in [5.41, 5.74) is -0.479. The summed E-state index contributed by atoms with van der Waals surface area (Å²) in [5.74, 6) is -0.0933. The summed E-state index contributed by atoms with van der Waals surface area (Å²) in [7, 11) is 1.50. The SMILES string of the molecule is CCNC1(C(=O)OC)CCCC(N(CC)C(C)CC)C1. The number of rotatable bonds is 7. The predicted octanol–water partition coefficient (Wildman–Crippen LogP) is 2.57. The number of nitrogens with one attached hydrogen (secondary N) is 1. The first-order chi connectivity index (χ1) is 9.54. The van der Waals surface area contributed by atoms with Gasteiger partial charge in [-0.05, 0) is 52.1 Å². The van der Waals surface area contributed by atoms with Gasteiger partial charge >= 0.3 is 5.97 Å². The Labute approximate surface area is 124 Å². The first-order valence-electron chi connectivity index (χ1n) is 8.13. The zero-order chi connectivity index (χ0) is 15.2. The van der Waals surface area contributed by atoms with E-state index in [1.807, 2.05) is 0 Å². The van der Waals surface area contributed by atoms with Gasteiger partial charge in [0.05, 0.1) is 7.11 Å². The number of hydrogen-bond acceptors (Lipinski definition) is 4. The second-order valence-electron chi connectivity index (χ2n) is 5.94. The van der Waals surface area contributed by atoms with Gasteiger partial charge in [0.1, 0.15) is 5.54 Å². The lowest BCUT2D eigenvalue weighted by Crippen LogP contribution is -2.59. The van der Waals surface area contributed by atoms with E-state index in [0.29, 0.717) is 12.1 Å². The molecule has 0 bridgehead atoms. The largest absolute Gasteiger partial charge is 0.468 e. The van der Waals surface area contributed by atoms with Gasteiger partial charge in [0.25, 0.3) is 0 Å². The third-order valence-corrected chi connectivity index (χ3v) is 4.81. The van der Waals surface area contributed by atoms with Crippen LogP contribution in [0.4, 0.5) is 0 Å². The van der Waals surface area contributed by atoms with Gasteiger partial charge in [0.2, 0.25) is 0 Å². The molecule has 0 aliphatic heterocycles. The first-order valence-corrected chi connectivity index (χ1v) is 8.13. The highest BCUT2D eigenvalue weighted by atomic mass is 16.5. The summed E-state index contributed by atoms with van der Waals surface area (Å²) in [4.78, 5) is 14.8. The zero-order valence-corrected chi connectivity index (χ0v) is 13.9. The van der Waals surface area contributed by atoms with E-state index in [2.05, 4.69) is 37.9 Å². The van der Waals surface area contributed by atoms with Crippen LogP contribution in [0, 0.1) is 0 Å². The minimum atomic E-state index is -0.479. The molecule has 1 rings (SSSR count). The van der Waals surface area contributed by atoms with E-state index in [-0.39, 0.29) is 5.97 Å². The van der Waals surface area contributed by atoms with E-state index < -0.39 is 5.54 Å². The summed E-state index contributed by atoms with van der Waals surface area (Å²) < 4.78 is 5.07. The number of nitrogens with zero attached hydrogens (tertiary/aromatic N) is 1. The van der Waals surface area contributed by atoms with E-state index in [1.54, 1.807) is 0 Å². The summed E-state index contributed by atoms with van der Waals surface area (Å²) >= 11 is 0. The maximum Gasteiger partial charge on any atom is 0.326 e. The predicted molar refractivity (Wildman–Crippen MR) is 82.8 cm³/mol. The highest BCUT2D eigenvalue weighted by Crippen LogP contribution is 2.33. The molecule has 0 amide bonds. The van der Waals surface area contributed by atoms with E-state index in [1.165, 1.54) is 13.5 Å². The van der Waals surface area contributed by atoms with Gasteiger partial charge in [-0.3, -0.25) is 9.69 Å². The third-order valence-electron chi connectivity index (χ3n) is 4.81. The third kappa shape index (κ3) is 3.73. The molecule has 4 nitrogen and oxygen atoms in total. The van der Waals surface area contributed by atoms with Crippen molar-refractivity contribution in [2.24, 2.45) is 0 Å². The maximum atomic E-state index is 12.3. The molecule has 1 aliphatic rings. The quantitative estimate of drug-likeness (QED) is 0.730. The second kappa shape index (κ2) is 7.99. The molecule has 4 heteroatoms. The van der Waals surface area contributed by atoms with E-state index in [4.69, 9.17) is 4.74 Å². The van der Waals surface area contributed by atoms with Crippen molar-refractivity contribution in [3.05, 3.63) is 0 Å². The minimum Gasteiger partial charge on any atom is -0.468 e. The molecule has 0 aromatic heterocycles. The van der Waals surface area contributed by atoms with Gasteiger partial charge in [-0.15, -0.1) is 0 Å². The molecule has 118 valence electrons. The Kier molecular flexibility index (Phi) is 6.96. The molecule has 0 saturated heterocycles. The summed E-state index contributed by atoms with van der Waals surface area (Å²) in [6, 6.07) is 1.04. The fourth-order valence-electron chi connectivity index (χ4n) is 3.65. The monoisotopic (exact) mass is 284 g/mol. The average Bonchev–Trinajstić information content (AvgIpc) is 2.47. The van der Waals surface area contributed by atoms with Gasteiger partial charge in [0, 0.05) is 12.1 Å². The van der Waals surface area contributed by atoms with Crippen LogP contribution in [0.1, 0.15) is 59.8 Å². The van der Waals surface area contributed by atoms with Crippen molar-refractivity contribution >= 4 is 5.97 Å². The highest BCUT2D eigenvalue weighted by molar-refractivity contribution is 5.81. The lowest BCUT2D eigenvalue weighted by Gasteiger charge is -2.45. The fraction of sp³-hybridized carbons (Fsp3) is 0.938. The van der Waals surface area contributed by atoms with Crippen molar-refractivity contribution in [2.75, 3.05) is 20.2 Å². The van der Waals surface area contributed by atoms with Crippen LogP contribution in [0.2, 0.25) is 0 Å². The molecule has 1 saturated carbocycles. The van der Waals surface area contributed by atoms with Crippen molar-refractivity contribution in [3.63, 3.8) is 0 Å². The number of carbonyl (C=O) groups excluding carboxylic acids is 1. The van der Waals surface area contributed by atoms with Crippen molar-refractivity contribution in [1.82, 2.24) is 10.2 Å². The van der Waals surface area contributed by atoms with E-state index >= 15 is 0 Å². The zero-order valence-electron chi connectivity index (χ0n) is 13.9. The summed E-state index contributed by atoms with van der Waals surface area (Å²) in [6.45, 7) is 10.6. The van der Waals surface area contributed by atoms with Crippen molar-refractivity contribution in [3.8, 4) is 0 Å². The Morgan fingerprint density at radius 1 is 1.45 bits per heavy atom. The summed E-state index contributed by atoms with van der Waals surface area (Å²) in [6.07, 6.45) is 5.17. The van der Waals surface area contributed by atoms with Crippen LogP contribution in [0.15, 0.2) is 0 Å². The summed E-state index contributed by atoms with van der Waals surface area (Å²) in [5, 5.41) is 3.41. The van der Waals surface area contributed by atoms with Crippen molar-refractivity contribution in [1.29, 1.82) is 0 Å². The Morgan fingerprint density at radius 3 is 2.65 bits per heavy atom. The first kappa shape index (κ1) is 17.4. The number of esters is 1. The van der Waals surface area contributed by atoms with Gasteiger partial charge in [-0.25, -0.2) is 0 Å². The standard InChI is InChI=1S/C16H32N2O2/c1-6-13(4)18(8-3)14-10-9-11-16(12-14,17-7-2)15(19)20-5/h13-14,17H,6-12H2,1-5H3. The van der Waals surface area contributed by atoms with E-state index in [9.17, 15) is 4.79 Å². The van der Waals surface area contributed by atoms with Crippen LogP contribution in [0.3, 0.4) is 0 Å². The number of methoxy groups -OCH3 is 1. The molecule has 1 fully saturated rings. The van der Waals surface area contributed by atoms with Gasteiger partial charge in [0.15, 0.2) is 0 Å². The molecule has 0 aromatic rings. The molecular formula is C16H32N2O2. The van der Waals surface area contributed by atoms with Gasteiger partial charge in [-0.2, -0.15) is 0 Å². The minimum absolute atomic E-state index is 0.0933. The molecule has 0 heterocycles. The number of ether oxygens (including phenoxy) is 1. The molecule has 0 aromatic carbocycles. The van der Waals surface area contributed by atoms with Crippen LogP contribution in [0.5, 0.6) is 0 Å². The molecule has 3 unspecified atom stereocenters. The molecule has 1 aliphatic carbocycles. The molecule has 20 heavy (non-hydrogen) atoms. The smallest absolute Gasteiger partial charge is 0.326 e.